The summed E-state index contributed by atoms with van der Waals surface area (Å²) in [7, 11) is 0. The molecule has 0 saturated carbocycles. The summed E-state index contributed by atoms with van der Waals surface area (Å²) in [5.41, 5.74) is 4.42. The second-order valence-electron chi connectivity index (χ2n) is 5.22. The lowest BCUT2D eigenvalue weighted by atomic mass is 9.90. The zero-order chi connectivity index (χ0) is 16.3. The third kappa shape index (κ3) is 3.87. The zero-order valence-electron chi connectivity index (χ0n) is 12.3. The number of benzene rings is 2. The van der Waals surface area contributed by atoms with E-state index in [0.29, 0.717) is 4.48 Å². The van der Waals surface area contributed by atoms with Crippen LogP contribution in [0.3, 0.4) is 0 Å². The quantitative estimate of drug-likeness (QED) is 0.657. The minimum atomic E-state index is -0.990. The van der Waals surface area contributed by atoms with Crippen LogP contribution in [0.5, 0.6) is 0 Å². The predicted molar refractivity (Wildman–Crippen MR) is 96.7 cm³/mol. The minimum Gasteiger partial charge on any atom is -0.477 e. The van der Waals surface area contributed by atoms with Crippen molar-refractivity contribution in [3.63, 3.8) is 0 Å². The molecule has 1 N–H and O–H groups in total. The maximum Gasteiger partial charge on any atom is 0.343 e. The molecule has 114 valence electrons. The Morgan fingerprint density at radius 3 is 1.55 bits per heavy atom. The van der Waals surface area contributed by atoms with Gasteiger partial charge in [0, 0.05) is 10.4 Å². The first kappa shape index (κ1) is 17.0. The fourth-order valence-corrected chi connectivity index (χ4v) is 3.16. The topological polar surface area (TPSA) is 37.3 Å². The molecule has 2 aromatic rings. The van der Waals surface area contributed by atoms with Crippen LogP contribution in [-0.4, -0.2) is 11.1 Å². The van der Waals surface area contributed by atoms with Gasteiger partial charge in [-0.3, -0.25) is 0 Å². The zero-order valence-corrected chi connectivity index (χ0v) is 15.5. The van der Waals surface area contributed by atoms with E-state index in [-0.39, 0.29) is 10.4 Å². The van der Waals surface area contributed by atoms with Crippen molar-refractivity contribution in [2.75, 3.05) is 0 Å². The number of rotatable bonds is 4. The summed E-state index contributed by atoms with van der Waals surface area (Å²) in [6.45, 7) is 4.06. The average molecular weight is 424 g/mol. The monoisotopic (exact) mass is 422 g/mol. The van der Waals surface area contributed by atoms with E-state index in [2.05, 4.69) is 31.9 Å². The van der Waals surface area contributed by atoms with Crippen molar-refractivity contribution < 1.29 is 9.90 Å². The Hall–Kier alpha value is -1.39. The van der Waals surface area contributed by atoms with Gasteiger partial charge in [0.2, 0.25) is 0 Å². The molecule has 0 fully saturated rings. The van der Waals surface area contributed by atoms with E-state index in [1.54, 1.807) is 0 Å². The molecule has 0 bridgehead atoms. The number of carbonyl (C=O) groups is 1. The van der Waals surface area contributed by atoms with Crippen molar-refractivity contribution in [3.8, 4) is 0 Å². The Morgan fingerprint density at radius 2 is 1.23 bits per heavy atom. The van der Waals surface area contributed by atoms with Gasteiger partial charge in [0.05, 0.1) is 0 Å². The number of carboxylic acid groups (broad SMARTS) is 1. The number of halogens is 2. The minimum absolute atomic E-state index is 0.138. The summed E-state index contributed by atoms with van der Waals surface area (Å²) in [5, 5.41) is 9.25. The highest BCUT2D eigenvalue weighted by Crippen LogP contribution is 2.38. The Morgan fingerprint density at radius 1 is 0.864 bits per heavy atom. The largest absolute Gasteiger partial charge is 0.477 e. The van der Waals surface area contributed by atoms with Crippen LogP contribution in [0.25, 0.3) is 0 Å². The molecule has 0 heterocycles. The third-order valence-corrected chi connectivity index (χ3v) is 5.63. The fourth-order valence-electron chi connectivity index (χ4n) is 2.23. The number of carboxylic acids is 1. The van der Waals surface area contributed by atoms with Gasteiger partial charge >= 0.3 is 5.97 Å². The summed E-state index contributed by atoms with van der Waals surface area (Å²) in [6.07, 6.45) is 0. The molecular formula is C18H16Br2O2. The lowest BCUT2D eigenvalue weighted by Crippen LogP contribution is -2.06. The van der Waals surface area contributed by atoms with Crippen LogP contribution in [0.2, 0.25) is 0 Å². The molecule has 0 atom stereocenters. The Kier molecular flexibility index (Phi) is 5.59. The number of allylic oxidation sites excluding steroid dienone is 1. The molecular weight excluding hydrogens is 408 g/mol. The second kappa shape index (κ2) is 7.25. The van der Waals surface area contributed by atoms with Crippen LogP contribution < -0.4 is 0 Å². The Balaban J connectivity index is 2.59. The highest BCUT2D eigenvalue weighted by molar-refractivity contribution is 9.14. The smallest absolute Gasteiger partial charge is 0.343 e. The van der Waals surface area contributed by atoms with Crippen LogP contribution in [0, 0.1) is 13.8 Å². The predicted octanol–water partition coefficient (Wildman–Crippen LogP) is 5.52. The van der Waals surface area contributed by atoms with Crippen LogP contribution in [0.1, 0.15) is 28.2 Å². The molecule has 0 radical (unpaired) electrons. The first-order valence-corrected chi connectivity index (χ1v) is 8.40. The van der Waals surface area contributed by atoms with E-state index >= 15 is 0 Å². The van der Waals surface area contributed by atoms with Gasteiger partial charge in [0.15, 0.2) is 0 Å². The molecule has 0 saturated heterocycles. The van der Waals surface area contributed by atoms with Crippen LogP contribution in [-0.2, 0) is 4.79 Å². The molecule has 2 aromatic carbocycles. The standard InChI is InChI=1S/C18H16Br2O2/c1-11-3-7-13(8-4-11)15(16(19)17(20)18(21)22)14-9-5-12(2)6-10-14/h3-10,15H,1-2H3,(H,21,22). The van der Waals surface area contributed by atoms with Crippen LogP contribution >= 0.6 is 31.9 Å². The van der Waals surface area contributed by atoms with E-state index in [1.165, 1.54) is 11.1 Å². The normalized spacial score (nSPS) is 12.2. The van der Waals surface area contributed by atoms with Gasteiger partial charge in [0.1, 0.15) is 4.48 Å². The summed E-state index contributed by atoms with van der Waals surface area (Å²) >= 11 is 6.64. The fraction of sp³-hybridized carbons (Fsp3) is 0.167. The highest BCUT2D eigenvalue weighted by atomic mass is 79.9. The number of hydrogen-bond donors (Lipinski definition) is 1. The number of aryl methyl sites for hydroxylation is 2. The van der Waals surface area contributed by atoms with Gasteiger partial charge in [-0.2, -0.15) is 0 Å². The molecule has 0 aromatic heterocycles. The summed E-state index contributed by atoms with van der Waals surface area (Å²) in [5.74, 6) is -1.15. The first-order chi connectivity index (χ1) is 10.4. The van der Waals surface area contributed by atoms with Gasteiger partial charge in [0.25, 0.3) is 0 Å². The molecule has 2 nitrogen and oxygen atoms in total. The van der Waals surface area contributed by atoms with Crippen molar-refractivity contribution in [1.29, 1.82) is 0 Å². The SMILES string of the molecule is Cc1ccc(C(C(Br)=C(Br)C(=O)O)c2ccc(C)cc2)cc1. The lowest BCUT2D eigenvalue weighted by molar-refractivity contribution is -0.131. The molecule has 0 amide bonds. The maximum atomic E-state index is 11.3. The maximum absolute atomic E-state index is 11.3. The van der Waals surface area contributed by atoms with Gasteiger partial charge in [-0.15, -0.1) is 0 Å². The van der Waals surface area contributed by atoms with Crippen LogP contribution in [0.15, 0.2) is 57.5 Å². The molecule has 22 heavy (non-hydrogen) atoms. The van der Waals surface area contributed by atoms with Crippen LogP contribution in [0.4, 0.5) is 0 Å². The summed E-state index contributed by atoms with van der Waals surface area (Å²) in [6, 6.07) is 16.3. The van der Waals surface area contributed by atoms with Gasteiger partial charge < -0.3 is 5.11 Å². The molecule has 0 unspecified atom stereocenters. The van der Waals surface area contributed by atoms with Gasteiger partial charge in [-0.1, -0.05) is 75.6 Å². The molecule has 0 spiro atoms. The van der Waals surface area contributed by atoms with Crippen molar-refractivity contribution in [1.82, 2.24) is 0 Å². The first-order valence-electron chi connectivity index (χ1n) is 6.81. The second-order valence-corrected chi connectivity index (χ2v) is 6.87. The van der Waals surface area contributed by atoms with E-state index in [0.717, 1.165) is 11.1 Å². The van der Waals surface area contributed by atoms with E-state index < -0.39 is 5.97 Å². The molecule has 0 aliphatic heterocycles. The van der Waals surface area contributed by atoms with Crippen molar-refractivity contribution in [2.45, 2.75) is 19.8 Å². The van der Waals surface area contributed by atoms with Gasteiger partial charge in [-0.05, 0) is 40.9 Å². The Bertz CT molecular complexity index is 655. The molecule has 0 aliphatic rings. The van der Waals surface area contributed by atoms with Gasteiger partial charge in [-0.25, -0.2) is 4.79 Å². The number of hydrogen-bond acceptors (Lipinski definition) is 1. The van der Waals surface area contributed by atoms with E-state index in [1.807, 2.05) is 62.4 Å². The number of aliphatic carboxylic acids is 1. The summed E-state index contributed by atoms with van der Waals surface area (Å²) < 4.78 is 0.742. The third-order valence-electron chi connectivity index (χ3n) is 3.47. The lowest BCUT2D eigenvalue weighted by Gasteiger charge is -2.19. The van der Waals surface area contributed by atoms with E-state index in [9.17, 15) is 9.90 Å². The molecule has 2 rings (SSSR count). The average Bonchev–Trinajstić information content (AvgIpc) is 2.50. The molecule has 0 aliphatic carbocycles. The summed E-state index contributed by atoms with van der Waals surface area (Å²) in [4.78, 5) is 11.3. The van der Waals surface area contributed by atoms with E-state index in [4.69, 9.17) is 0 Å². The van der Waals surface area contributed by atoms with Crippen molar-refractivity contribution in [3.05, 3.63) is 79.7 Å². The highest BCUT2D eigenvalue weighted by Gasteiger charge is 2.22. The van der Waals surface area contributed by atoms with Crippen molar-refractivity contribution >= 4 is 37.8 Å². The molecule has 4 heteroatoms. The Labute approximate surface area is 147 Å². The van der Waals surface area contributed by atoms with Crippen molar-refractivity contribution in [2.24, 2.45) is 0 Å².